The van der Waals surface area contributed by atoms with Crippen molar-refractivity contribution < 1.29 is 18.9 Å². The highest BCUT2D eigenvalue weighted by molar-refractivity contribution is 6.18. The largest absolute Gasteiger partial charge is 0.494 e. The van der Waals surface area contributed by atoms with Gasteiger partial charge in [-0.15, -0.1) is 0 Å². The molecule has 0 amide bonds. The van der Waals surface area contributed by atoms with Crippen molar-refractivity contribution in [3.05, 3.63) is 35.4 Å². The summed E-state index contributed by atoms with van der Waals surface area (Å²) in [6, 6.07) is 7.60. The maximum Gasteiger partial charge on any atom is 0.148 e. The van der Waals surface area contributed by atoms with Gasteiger partial charge in [0.05, 0.1) is 28.4 Å². The molecule has 0 atom stereocenters. The molecular formula is C20H24N2O4. The van der Waals surface area contributed by atoms with Gasteiger partial charge in [0, 0.05) is 12.4 Å². The predicted molar refractivity (Wildman–Crippen MR) is 105 cm³/mol. The summed E-state index contributed by atoms with van der Waals surface area (Å²) in [6.07, 6.45) is 3.16. The van der Waals surface area contributed by atoms with Crippen molar-refractivity contribution >= 4 is 23.8 Å². The Kier molecular flexibility index (Phi) is 6.60. The number of hydrogen-bond acceptors (Lipinski definition) is 6. The first-order chi connectivity index (χ1) is 12.5. The monoisotopic (exact) mass is 356 g/mol. The normalized spacial score (nSPS) is 11.2. The van der Waals surface area contributed by atoms with E-state index in [0.717, 1.165) is 11.1 Å². The van der Waals surface area contributed by atoms with Gasteiger partial charge in [-0.1, -0.05) is 0 Å². The minimum Gasteiger partial charge on any atom is -0.494 e. The Balaban J connectivity index is 2.35. The highest BCUT2D eigenvalue weighted by atomic mass is 16.5. The summed E-state index contributed by atoms with van der Waals surface area (Å²) in [7, 11) is 6.40. The number of aliphatic imine (C=N–C) groups is 2. The van der Waals surface area contributed by atoms with E-state index in [0.29, 0.717) is 34.4 Å². The Morgan fingerprint density at radius 3 is 1.08 bits per heavy atom. The van der Waals surface area contributed by atoms with Gasteiger partial charge >= 0.3 is 0 Å². The standard InChI is InChI=1S/C20H24N2O4/c1-13-9-15(23-3)19(16(10-13)24-4)21-7-8-22-20-17(25-5)11-14(2)12-18(20)26-6/h7-12H,1-6H3. The molecule has 6 heteroatoms. The molecule has 6 nitrogen and oxygen atoms in total. The molecule has 0 heterocycles. The Labute approximate surface area is 154 Å². The molecule has 2 rings (SSSR count). The van der Waals surface area contributed by atoms with Gasteiger partial charge in [-0.25, -0.2) is 9.98 Å². The molecule has 0 aliphatic heterocycles. The average Bonchev–Trinajstić information content (AvgIpc) is 2.65. The summed E-state index contributed by atoms with van der Waals surface area (Å²) in [5, 5.41) is 0. The fourth-order valence-electron chi connectivity index (χ4n) is 2.52. The van der Waals surface area contributed by atoms with Gasteiger partial charge in [-0.05, 0) is 49.2 Å². The van der Waals surface area contributed by atoms with Crippen LogP contribution in [-0.2, 0) is 0 Å². The van der Waals surface area contributed by atoms with Crippen LogP contribution in [0.25, 0.3) is 0 Å². The van der Waals surface area contributed by atoms with Crippen LogP contribution in [0.1, 0.15) is 11.1 Å². The zero-order valence-corrected chi connectivity index (χ0v) is 16.0. The molecule has 0 spiro atoms. The fraction of sp³-hybridized carbons (Fsp3) is 0.300. The first-order valence-corrected chi connectivity index (χ1v) is 8.06. The van der Waals surface area contributed by atoms with Crippen molar-refractivity contribution in [3.8, 4) is 23.0 Å². The van der Waals surface area contributed by atoms with Crippen molar-refractivity contribution in [2.45, 2.75) is 13.8 Å². The molecular weight excluding hydrogens is 332 g/mol. The first-order valence-electron chi connectivity index (χ1n) is 8.06. The zero-order valence-electron chi connectivity index (χ0n) is 16.0. The molecule has 0 radical (unpaired) electrons. The smallest absolute Gasteiger partial charge is 0.148 e. The summed E-state index contributed by atoms with van der Waals surface area (Å²) in [6.45, 7) is 3.94. The quantitative estimate of drug-likeness (QED) is 0.688. The van der Waals surface area contributed by atoms with Gasteiger partial charge in [-0.2, -0.15) is 0 Å². The number of nitrogens with zero attached hydrogens (tertiary/aromatic N) is 2. The van der Waals surface area contributed by atoms with Crippen molar-refractivity contribution in [2.75, 3.05) is 28.4 Å². The van der Waals surface area contributed by atoms with E-state index >= 15 is 0 Å². The molecule has 26 heavy (non-hydrogen) atoms. The topological polar surface area (TPSA) is 61.6 Å². The molecule has 0 N–H and O–H groups in total. The minimum absolute atomic E-state index is 0.606. The van der Waals surface area contributed by atoms with E-state index < -0.39 is 0 Å². The maximum atomic E-state index is 5.39. The molecule has 0 fully saturated rings. The Bertz CT molecular complexity index is 709. The average molecular weight is 356 g/mol. The summed E-state index contributed by atoms with van der Waals surface area (Å²) in [4.78, 5) is 8.85. The summed E-state index contributed by atoms with van der Waals surface area (Å²) < 4.78 is 21.6. The number of aryl methyl sites for hydroxylation is 2. The van der Waals surface area contributed by atoms with Crippen molar-refractivity contribution in [1.29, 1.82) is 0 Å². The van der Waals surface area contributed by atoms with Crippen LogP contribution in [0.5, 0.6) is 23.0 Å². The van der Waals surface area contributed by atoms with E-state index in [1.807, 2.05) is 38.1 Å². The molecule has 0 bridgehead atoms. The third-order valence-corrected chi connectivity index (χ3v) is 3.72. The molecule has 2 aromatic carbocycles. The van der Waals surface area contributed by atoms with E-state index in [-0.39, 0.29) is 0 Å². The van der Waals surface area contributed by atoms with E-state index in [4.69, 9.17) is 18.9 Å². The van der Waals surface area contributed by atoms with Crippen molar-refractivity contribution in [2.24, 2.45) is 9.98 Å². The van der Waals surface area contributed by atoms with Gasteiger partial charge in [-0.3, -0.25) is 0 Å². The van der Waals surface area contributed by atoms with Crippen LogP contribution in [0.2, 0.25) is 0 Å². The number of benzene rings is 2. The van der Waals surface area contributed by atoms with E-state index in [2.05, 4.69) is 9.98 Å². The van der Waals surface area contributed by atoms with Gasteiger partial charge in [0.2, 0.25) is 0 Å². The second kappa shape index (κ2) is 8.89. The highest BCUT2D eigenvalue weighted by Crippen LogP contribution is 2.39. The van der Waals surface area contributed by atoms with Crippen molar-refractivity contribution in [3.63, 3.8) is 0 Å². The van der Waals surface area contributed by atoms with Gasteiger partial charge in [0.15, 0.2) is 0 Å². The van der Waals surface area contributed by atoms with Crippen LogP contribution in [0.15, 0.2) is 34.3 Å². The number of methoxy groups -OCH3 is 4. The predicted octanol–water partition coefficient (Wildman–Crippen LogP) is 4.44. The van der Waals surface area contributed by atoms with Gasteiger partial charge in [0.25, 0.3) is 0 Å². The van der Waals surface area contributed by atoms with Crippen LogP contribution >= 0.6 is 0 Å². The summed E-state index contributed by atoms with van der Waals surface area (Å²) in [5.74, 6) is 2.54. The van der Waals surface area contributed by atoms with Gasteiger partial charge in [0.1, 0.15) is 34.4 Å². The second-order valence-electron chi connectivity index (χ2n) is 5.59. The van der Waals surface area contributed by atoms with Crippen LogP contribution < -0.4 is 18.9 Å². The second-order valence-corrected chi connectivity index (χ2v) is 5.59. The summed E-state index contributed by atoms with van der Waals surface area (Å²) in [5.41, 5.74) is 3.27. The van der Waals surface area contributed by atoms with Crippen LogP contribution in [0.3, 0.4) is 0 Å². The third kappa shape index (κ3) is 4.33. The Hall–Kier alpha value is -3.02. The number of ether oxygens (including phenoxy) is 4. The fourth-order valence-corrected chi connectivity index (χ4v) is 2.52. The lowest BCUT2D eigenvalue weighted by Crippen LogP contribution is -1.92. The molecule has 2 aromatic rings. The van der Waals surface area contributed by atoms with Crippen LogP contribution in [0.4, 0.5) is 11.4 Å². The van der Waals surface area contributed by atoms with Crippen LogP contribution in [-0.4, -0.2) is 40.9 Å². The summed E-state index contributed by atoms with van der Waals surface area (Å²) >= 11 is 0. The lowest BCUT2D eigenvalue weighted by atomic mass is 10.2. The minimum atomic E-state index is 0.606. The SMILES string of the molecule is COc1cc(C)cc(OC)c1N=CC=Nc1c(OC)cc(C)cc1OC. The molecule has 0 aliphatic carbocycles. The molecule has 0 aliphatic rings. The first kappa shape index (κ1) is 19.3. The van der Waals surface area contributed by atoms with Crippen molar-refractivity contribution in [1.82, 2.24) is 0 Å². The number of hydrogen-bond donors (Lipinski definition) is 0. The Morgan fingerprint density at radius 2 is 0.846 bits per heavy atom. The van der Waals surface area contributed by atoms with Crippen LogP contribution in [0, 0.1) is 13.8 Å². The van der Waals surface area contributed by atoms with E-state index in [9.17, 15) is 0 Å². The lowest BCUT2D eigenvalue weighted by Gasteiger charge is -2.11. The molecule has 0 saturated carbocycles. The molecule has 138 valence electrons. The maximum absolute atomic E-state index is 5.39. The lowest BCUT2D eigenvalue weighted by molar-refractivity contribution is 0.396. The Morgan fingerprint density at radius 1 is 0.577 bits per heavy atom. The molecule has 0 aromatic heterocycles. The van der Waals surface area contributed by atoms with Gasteiger partial charge < -0.3 is 18.9 Å². The molecule has 0 saturated heterocycles. The number of rotatable bonds is 7. The van der Waals surface area contributed by atoms with E-state index in [1.165, 1.54) is 0 Å². The third-order valence-electron chi connectivity index (χ3n) is 3.72. The highest BCUT2D eigenvalue weighted by Gasteiger charge is 2.11. The molecule has 0 unspecified atom stereocenters. The van der Waals surface area contributed by atoms with E-state index in [1.54, 1.807) is 40.9 Å². The zero-order chi connectivity index (χ0) is 19.1.